The molecule has 0 saturated heterocycles. The number of rotatable bonds is 2. The second-order valence-electron chi connectivity index (χ2n) is 3.00. The van der Waals surface area contributed by atoms with Gasteiger partial charge in [0.05, 0.1) is 0 Å². The van der Waals surface area contributed by atoms with Crippen molar-refractivity contribution in [3.05, 3.63) is 56.4 Å². The largest absolute Gasteiger partial charge is 0.289 e. The molecule has 76 valence electrons. The van der Waals surface area contributed by atoms with Crippen LogP contribution in [0.15, 0.2) is 39.5 Å². The quantitative estimate of drug-likeness (QED) is 0.765. The number of carbonyl (C=O) groups is 1. The highest BCUT2D eigenvalue weighted by Crippen LogP contribution is 2.18. The third-order valence-corrected chi connectivity index (χ3v) is 3.05. The smallest absolute Gasteiger partial charge is 0.194 e. The van der Waals surface area contributed by atoms with Crippen LogP contribution in [0.4, 0.5) is 4.39 Å². The summed E-state index contributed by atoms with van der Waals surface area (Å²) in [6.45, 7) is 0. The highest BCUT2D eigenvalue weighted by atomic mass is 79.9. The number of hydrogen-bond acceptors (Lipinski definition) is 2. The lowest BCUT2D eigenvalue weighted by Crippen LogP contribution is -2.00. The van der Waals surface area contributed by atoms with Crippen molar-refractivity contribution >= 4 is 33.0 Å². The van der Waals surface area contributed by atoms with E-state index in [1.165, 1.54) is 23.5 Å². The average Bonchev–Trinajstić information content (AvgIpc) is 2.67. The summed E-state index contributed by atoms with van der Waals surface area (Å²) >= 11 is 4.60. The molecule has 0 N–H and O–H groups in total. The van der Waals surface area contributed by atoms with Crippen molar-refractivity contribution in [3.63, 3.8) is 0 Å². The fourth-order valence-electron chi connectivity index (χ4n) is 1.25. The molecule has 1 heterocycles. The third kappa shape index (κ3) is 2.33. The summed E-state index contributed by atoms with van der Waals surface area (Å²) in [6.07, 6.45) is 0. The maximum Gasteiger partial charge on any atom is 0.194 e. The molecule has 0 aliphatic heterocycles. The minimum atomic E-state index is -0.414. The van der Waals surface area contributed by atoms with Gasteiger partial charge in [-0.3, -0.25) is 4.79 Å². The van der Waals surface area contributed by atoms with E-state index in [0.29, 0.717) is 15.6 Å². The molecular weight excluding hydrogens is 279 g/mol. The van der Waals surface area contributed by atoms with Crippen LogP contribution in [0.3, 0.4) is 0 Å². The Morgan fingerprint density at radius 2 is 2.07 bits per heavy atom. The van der Waals surface area contributed by atoms with Gasteiger partial charge in [0.1, 0.15) is 5.82 Å². The van der Waals surface area contributed by atoms with Gasteiger partial charge in [-0.1, -0.05) is 15.9 Å². The van der Waals surface area contributed by atoms with Crippen LogP contribution in [0.2, 0.25) is 0 Å². The number of benzene rings is 1. The number of halogens is 2. The van der Waals surface area contributed by atoms with E-state index in [0.717, 1.165) is 0 Å². The molecule has 2 aromatic rings. The summed E-state index contributed by atoms with van der Waals surface area (Å²) in [5.41, 5.74) is 0.956. The fourth-order valence-corrected chi connectivity index (χ4v) is 2.35. The maximum absolute atomic E-state index is 13.1. The Hall–Kier alpha value is -1.00. The summed E-state index contributed by atoms with van der Waals surface area (Å²) < 4.78 is 13.6. The molecule has 2 rings (SSSR count). The summed E-state index contributed by atoms with van der Waals surface area (Å²) in [5.74, 6) is -0.570. The molecule has 0 amide bonds. The van der Waals surface area contributed by atoms with Crippen LogP contribution >= 0.6 is 27.3 Å². The van der Waals surface area contributed by atoms with Gasteiger partial charge in [0.2, 0.25) is 0 Å². The Labute approximate surface area is 98.7 Å². The summed E-state index contributed by atoms with van der Waals surface area (Å²) in [5, 5.41) is 3.57. The molecule has 0 aliphatic carbocycles. The lowest BCUT2D eigenvalue weighted by molar-refractivity contribution is 0.103. The van der Waals surface area contributed by atoms with Crippen molar-refractivity contribution in [2.24, 2.45) is 0 Å². The standard InChI is InChI=1S/C11H6BrFOS/c12-9-3-8(4-10(13)5-9)11(14)7-1-2-15-6-7/h1-6H. The first-order chi connectivity index (χ1) is 7.16. The van der Waals surface area contributed by atoms with Crippen molar-refractivity contribution in [2.75, 3.05) is 0 Å². The van der Waals surface area contributed by atoms with E-state index in [1.807, 2.05) is 5.38 Å². The van der Waals surface area contributed by atoms with E-state index in [1.54, 1.807) is 17.5 Å². The van der Waals surface area contributed by atoms with Crippen molar-refractivity contribution in [3.8, 4) is 0 Å². The molecule has 0 atom stereocenters. The van der Waals surface area contributed by atoms with Gasteiger partial charge in [-0.15, -0.1) is 0 Å². The van der Waals surface area contributed by atoms with Crippen LogP contribution in [-0.4, -0.2) is 5.78 Å². The van der Waals surface area contributed by atoms with E-state index < -0.39 is 5.82 Å². The molecule has 1 aromatic carbocycles. The van der Waals surface area contributed by atoms with Crippen LogP contribution in [0.1, 0.15) is 15.9 Å². The van der Waals surface area contributed by atoms with Crippen LogP contribution in [0.25, 0.3) is 0 Å². The van der Waals surface area contributed by atoms with Gasteiger partial charge >= 0.3 is 0 Å². The zero-order valence-electron chi connectivity index (χ0n) is 7.54. The Kier molecular flexibility index (Phi) is 2.98. The molecule has 4 heteroatoms. The fraction of sp³-hybridized carbons (Fsp3) is 0. The average molecular weight is 285 g/mol. The van der Waals surface area contributed by atoms with E-state index in [2.05, 4.69) is 15.9 Å². The molecule has 0 unspecified atom stereocenters. The first-order valence-electron chi connectivity index (χ1n) is 4.20. The van der Waals surface area contributed by atoms with Crippen molar-refractivity contribution < 1.29 is 9.18 Å². The normalized spacial score (nSPS) is 10.3. The minimum absolute atomic E-state index is 0.156. The monoisotopic (exact) mass is 284 g/mol. The molecule has 1 aromatic heterocycles. The molecule has 0 radical (unpaired) electrons. The number of ketones is 1. The van der Waals surface area contributed by atoms with Crippen LogP contribution in [0.5, 0.6) is 0 Å². The molecule has 1 nitrogen and oxygen atoms in total. The van der Waals surface area contributed by atoms with Crippen molar-refractivity contribution in [1.29, 1.82) is 0 Å². The maximum atomic E-state index is 13.1. The van der Waals surface area contributed by atoms with E-state index in [4.69, 9.17) is 0 Å². The van der Waals surface area contributed by atoms with Gasteiger partial charge in [0.25, 0.3) is 0 Å². The van der Waals surface area contributed by atoms with Crippen LogP contribution in [0, 0.1) is 5.82 Å². The zero-order valence-corrected chi connectivity index (χ0v) is 9.94. The van der Waals surface area contributed by atoms with Crippen molar-refractivity contribution in [1.82, 2.24) is 0 Å². The number of hydrogen-bond donors (Lipinski definition) is 0. The molecule has 15 heavy (non-hydrogen) atoms. The summed E-state index contributed by atoms with van der Waals surface area (Å²) in [7, 11) is 0. The zero-order chi connectivity index (χ0) is 10.8. The van der Waals surface area contributed by atoms with Gasteiger partial charge in [-0.05, 0) is 29.6 Å². The van der Waals surface area contributed by atoms with Crippen LogP contribution in [-0.2, 0) is 0 Å². The van der Waals surface area contributed by atoms with Gasteiger partial charge in [0, 0.05) is 21.0 Å². The van der Waals surface area contributed by atoms with Gasteiger partial charge < -0.3 is 0 Å². The van der Waals surface area contributed by atoms with Crippen LogP contribution < -0.4 is 0 Å². The SMILES string of the molecule is O=C(c1ccsc1)c1cc(F)cc(Br)c1. The lowest BCUT2D eigenvalue weighted by atomic mass is 10.1. The molecule has 0 bridgehead atoms. The molecule has 0 aliphatic rings. The van der Waals surface area contributed by atoms with E-state index in [9.17, 15) is 9.18 Å². The predicted octanol–water partition coefficient (Wildman–Crippen LogP) is 3.88. The number of thiophene rings is 1. The second-order valence-corrected chi connectivity index (χ2v) is 4.69. The Balaban J connectivity index is 2.42. The van der Waals surface area contributed by atoms with Gasteiger partial charge in [-0.2, -0.15) is 11.3 Å². The molecule has 0 spiro atoms. The highest BCUT2D eigenvalue weighted by molar-refractivity contribution is 9.10. The first-order valence-corrected chi connectivity index (χ1v) is 5.93. The van der Waals surface area contributed by atoms with Crippen molar-refractivity contribution in [2.45, 2.75) is 0 Å². The van der Waals surface area contributed by atoms with Gasteiger partial charge in [0.15, 0.2) is 5.78 Å². The Morgan fingerprint density at radius 1 is 1.27 bits per heavy atom. The van der Waals surface area contributed by atoms with E-state index >= 15 is 0 Å². The first kappa shape index (κ1) is 10.5. The topological polar surface area (TPSA) is 17.1 Å². The number of carbonyl (C=O) groups excluding carboxylic acids is 1. The Morgan fingerprint density at radius 3 is 2.67 bits per heavy atom. The minimum Gasteiger partial charge on any atom is -0.289 e. The molecule has 0 saturated carbocycles. The highest BCUT2D eigenvalue weighted by Gasteiger charge is 2.10. The Bertz CT molecular complexity index is 473. The lowest BCUT2D eigenvalue weighted by Gasteiger charge is -1.99. The molecule has 0 fully saturated rings. The van der Waals surface area contributed by atoms with Gasteiger partial charge in [-0.25, -0.2) is 4.39 Å². The predicted molar refractivity (Wildman–Crippen MR) is 61.9 cm³/mol. The van der Waals surface area contributed by atoms with E-state index in [-0.39, 0.29) is 5.78 Å². The summed E-state index contributed by atoms with van der Waals surface area (Å²) in [4.78, 5) is 11.8. The summed E-state index contributed by atoms with van der Waals surface area (Å²) in [6, 6.07) is 5.91. The second kappa shape index (κ2) is 4.24. The third-order valence-electron chi connectivity index (χ3n) is 1.91. The molecular formula is C11H6BrFOS.